The van der Waals surface area contributed by atoms with Crippen LogP contribution in [-0.2, 0) is 9.59 Å². The van der Waals surface area contributed by atoms with E-state index in [0.717, 1.165) is 26.1 Å². The summed E-state index contributed by atoms with van der Waals surface area (Å²) in [5.41, 5.74) is 0.772. The van der Waals surface area contributed by atoms with Crippen molar-refractivity contribution in [1.82, 2.24) is 9.80 Å². The maximum Gasteiger partial charge on any atom is 0.290 e. The van der Waals surface area contributed by atoms with E-state index in [1.807, 2.05) is 12.1 Å². The van der Waals surface area contributed by atoms with Crippen LogP contribution in [0.1, 0.15) is 37.6 Å². The predicted octanol–water partition coefficient (Wildman–Crippen LogP) is 4.00. The number of hydrogen-bond acceptors (Lipinski definition) is 6. The lowest BCUT2D eigenvalue weighted by Gasteiger charge is -2.28. The summed E-state index contributed by atoms with van der Waals surface area (Å²) in [6.07, 6.45) is 5.09. The lowest BCUT2D eigenvalue weighted by Crippen LogP contribution is -2.34. The van der Waals surface area contributed by atoms with Gasteiger partial charge in [-0.05, 0) is 68.0 Å². The van der Waals surface area contributed by atoms with E-state index in [2.05, 4.69) is 18.7 Å². The van der Waals surface area contributed by atoms with Crippen molar-refractivity contribution < 1.29 is 23.8 Å². The Morgan fingerprint density at radius 3 is 2.69 bits per heavy atom. The highest BCUT2D eigenvalue weighted by Gasteiger charge is 2.42. The summed E-state index contributed by atoms with van der Waals surface area (Å²) in [5.74, 6) is -0.354. The molecule has 2 heterocycles. The maximum absolute atomic E-state index is 13.1. The standard InChI is InChI=1S/C25H30N2O5/c1-4-26(5-2)14-8-15-27-23(18-9-6-10-20(17-18)31-3)22(24(29)25(27)30)21(28)13-12-19-11-7-16-32-19/h6-7,9-13,16-17,23,29H,4-5,8,14-15H2,1-3H3/b13-12+/t23-/m0/s1. The summed E-state index contributed by atoms with van der Waals surface area (Å²) in [5, 5.41) is 10.7. The molecule has 3 rings (SSSR count). The van der Waals surface area contributed by atoms with E-state index in [4.69, 9.17) is 9.15 Å². The molecule has 2 aromatic rings. The monoisotopic (exact) mass is 438 g/mol. The van der Waals surface area contributed by atoms with Gasteiger partial charge in [-0.3, -0.25) is 9.59 Å². The molecular weight excluding hydrogens is 408 g/mol. The topological polar surface area (TPSA) is 83.2 Å². The number of amides is 1. The Kier molecular flexibility index (Phi) is 7.89. The van der Waals surface area contributed by atoms with Gasteiger partial charge in [-0.1, -0.05) is 26.0 Å². The number of aliphatic hydroxyl groups is 1. The molecule has 0 radical (unpaired) electrons. The first-order valence-corrected chi connectivity index (χ1v) is 10.9. The minimum Gasteiger partial charge on any atom is -0.503 e. The third-order valence-corrected chi connectivity index (χ3v) is 5.69. The van der Waals surface area contributed by atoms with E-state index in [9.17, 15) is 14.7 Å². The molecule has 0 bridgehead atoms. The van der Waals surface area contributed by atoms with E-state index in [1.165, 1.54) is 18.4 Å². The smallest absolute Gasteiger partial charge is 0.290 e. The highest BCUT2D eigenvalue weighted by Crippen LogP contribution is 2.39. The molecule has 1 aromatic carbocycles. The van der Waals surface area contributed by atoms with Crippen LogP contribution in [0.15, 0.2) is 64.5 Å². The lowest BCUT2D eigenvalue weighted by atomic mass is 9.95. The summed E-state index contributed by atoms with van der Waals surface area (Å²) in [6, 6.07) is 9.98. The summed E-state index contributed by atoms with van der Waals surface area (Å²) >= 11 is 0. The number of carbonyl (C=O) groups excluding carboxylic acids is 2. The van der Waals surface area contributed by atoms with Crippen LogP contribution < -0.4 is 4.74 Å². The van der Waals surface area contributed by atoms with Gasteiger partial charge < -0.3 is 24.1 Å². The Morgan fingerprint density at radius 2 is 2.03 bits per heavy atom. The first-order chi connectivity index (χ1) is 15.5. The zero-order valence-electron chi connectivity index (χ0n) is 18.8. The van der Waals surface area contributed by atoms with Crippen molar-refractivity contribution in [3.05, 3.63) is 71.4 Å². The van der Waals surface area contributed by atoms with Crippen LogP contribution in [-0.4, -0.2) is 59.9 Å². The quantitative estimate of drug-likeness (QED) is 0.534. The fourth-order valence-corrected chi connectivity index (χ4v) is 3.93. The predicted molar refractivity (Wildman–Crippen MR) is 122 cm³/mol. The number of methoxy groups -OCH3 is 1. The Morgan fingerprint density at radius 1 is 1.25 bits per heavy atom. The van der Waals surface area contributed by atoms with Gasteiger partial charge in [0.1, 0.15) is 11.5 Å². The van der Waals surface area contributed by atoms with Gasteiger partial charge in [0.15, 0.2) is 11.5 Å². The average molecular weight is 439 g/mol. The molecule has 1 amide bonds. The first-order valence-electron chi connectivity index (χ1n) is 10.9. The molecule has 0 saturated heterocycles. The number of furan rings is 1. The second kappa shape index (κ2) is 10.8. The second-order valence-corrected chi connectivity index (χ2v) is 7.53. The number of nitrogens with zero attached hydrogens (tertiary/aromatic N) is 2. The van der Waals surface area contributed by atoms with Crippen molar-refractivity contribution in [1.29, 1.82) is 0 Å². The molecule has 1 aliphatic heterocycles. The number of ether oxygens (including phenoxy) is 1. The van der Waals surface area contributed by atoms with Crippen molar-refractivity contribution in [2.75, 3.05) is 33.3 Å². The van der Waals surface area contributed by atoms with Gasteiger partial charge in [-0.2, -0.15) is 0 Å². The van der Waals surface area contributed by atoms with Crippen LogP contribution in [0.2, 0.25) is 0 Å². The number of carbonyl (C=O) groups is 2. The average Bonchev–Trinajstić information content (AvgIpc) is 3.42. The Labute approximate surface area is 188 Å². The van der Waals surface area contributed by atoms with E-state index in [1.54, 1.807) is 36.3 Å². The molecule has 1 aromatic heterocycles. The molecule has 0 aliphatic carbocycles. The number of allylic oxidation sites excluding steroid dienone is 1. The van der Waals surface area contributed by atoms with E-state index in [0.29, 0.717) is 23.6 Å². The van der Waals surface area contributed by atoms with Crippen molar-refractivity contribution in [2.24, 2.45) is 0 Å². The maximum atomic E-state index is 13.1. The van der Waals surface area contributed by atoms with Gasteiger partial charge in [-0.25, -0.2) is 0 Å². The van der Waals surface area contributed by atoms with Crippen molar-refractivity contribution in [2.45, 2.75) is 26.3 Å². The largest absolute Gasteiger partial charge is 0.503 e. The molecule has 0 saturated carbocycles. The van der Waals surface area contributed by atoms with Crippen molar-refractivity contribution >= 4 is 17.8 Å². The fraction of sp³-hybridized carbons (Fsp3) is 0.360. The van der Waals surface area contributed by atoms with Gasteiger partial charge in [0.05, 0.1) is 25.0 Å². The molecule has 1 aliphatic rings. The van der Waals surface area contributed by atoms with Gasteiger partial charge in [-0.15, -0.1) is 0 Å². The van der Waals surface area contributed by atoms with Gasteiger partial charge in [0.2, 0.25) is 0 Å². The molecule has 0 unspecified atom stereocenters. The summed E-state index contributed by atoms with van der Waals surface area (Å²) in [7, 11) is 1.56. The van der Waals surface area contributed by atoms with Crippen LogP contribution >= 0.6 is 0 Å². The normalized spacial score (nSPS) is 16.6. The molecule has 1 N–H and O–H groups in total. The number of hydrogen-bond donors (Lipinski definition) is 1. The molecule has 0 spiro atoms. The Balaban J connectivity index is 1.91. The Hall–Kier alpha value is -3.32. The first kappa shape index (κ1) is 23.3. The minimum atomic E-state index is -0.692. The number of aliphatic hydroxyl groups excluding tert-OH is 1. The van der Waals surface area contributed by atoms with Crippen LogP contribution in [0.5, 0.6) is 5.75 Å². The van der Waals surface area contributed by atoms with Crippen molar-refractivity contribution in [3.63, 3.8) is 0 Å². The van der Waals surface area contributed by atoms with Crippen LogP contribution in [0.4, 0.5) is 0 Å². The van der Waals surface area contributed by atoms with Gasteiger partial charge >= 0.3 is 0 Å². The third-order valence-electron chi connectivity index (χ3n) is 5.69. The SMILES string of the molecule is CCN(CC)CCCN1C(=O)C(O)=C(C(=O)/C=C/c2ccco2)[C@@H]1c1cccc(OC)c1. The molecular formula is C25H30N2O5. The molecule has 7 nitrogen and oxygen atoms in total. The third kappa shape index (κ3) is 5.11. The Bertz CT molecular complexity index is 990. The van der Waals surface area contributed by atoms with Gasteiger partial charge in [0.25, 0.3) is 5.91 Å². The minimum absolute atomic E-state index is 0.0638. The highest BCUT2D eigenvalue weighted by atomic mass is 16.5. The molecule has 1 atom stereocenters. The molecule has 170 valence electrons. The molecule has 32 heavy (non-hydrogen) atoms. The summed E-state index contributed by atoms with van der Waals surface area (Å²) in [4.78, 5) is 29.9. The highest BCUT2D eigenvalue weighted by molar-refractivity contribution is 6.14. The van der Waals surface area contributed by atoms with E-state index in [-0.39, 0.29) is 5.57 Å². The van der Waals surface area contributed by atoms with Crippen molar-refractivity contribution in [3.8, 4) is 5.75 Å². The number of ketones is 1. The zero-order chi connectivity index (χ0) is 23.1. The van der Waals surface area contributed by atoms with Gasteiger partial charge in [0, 0.05) is 6.54 Å². The lowest BCUT2D eigenvalue weighted by molar-refractivity contribution is -0.129. The molecule has 7 heteroatoms. The van der Waals surface area contributed by atoms with E-state index < -0.39 is 23.5 Å². The zero-order valence-corrected chi connectivity index (χ0v) is 18.8. The van der Waals surface area contributed by atoms with E-state index >= 15 is 0 Å². The number of rotatable bonds is 11. The summed E-state index contributed by atoms with van der Waals surface area (Å²) in [6.45, 7) is 7.28. The van der Waals surface area contributed by atoms with Crippen LogP contribution in [0.3, 0.4) is 0 Å². The second-order valence-electron chi connectivity index (χ2n) is 7.53. The van der Waals surface area contributed by atoms with Crippen LogP contribution in [0, 0.1) is 0 Å². The number of benzene rings is 1. The fourth-order valence-electron chi connectivity index (χ4n) is 3.93. The summed E-state index contributed by atoms with van der Waals surface area (Å²) < 4.78 is 10.6. The molecule has 0 fully saturated rings. The van der Waals surface area contributed by atoms with Crippen LogP contribution in [0.25, 0.3) is 6.08 Å².